The van der Waals surface area contributed by atoms with Gasteiger partial charge >= 0.3 is 0 Å². The van der Waals surface area contributed by atoms with Crippen molar-refractivity contribution in [1.82, 2.24) is 5.43 Å². The molecular formula is C18H26N2O. The predicted octanol–water partition coefficient (Wildman–Crippen LogP) is 2.96. The average Bonchev–Trinajstić information content (AvgIpc) is 3.27. The van der Waals surface area contributed by atoms with Gasteiger partial charge in [0.2, 0.25) is 0 Å². The summed E-state index contributed by atoms with van der Waals surface area (Å²) in [6.07, 6.45) is 7.94. The number of nitrogens with two attached hydrogens (primary N) is 1. The van der Waals surface area contributed by atoms with E-state index in [-0.39, 0.29) is 6.10 Å². The van der Waals surface area contributed by atoms with Crippen molar-refractivity contribution < 1.29 is 4.74 Å². The Bertz CT molecular complexity index is 492. The lowest BCUT2D eigenvalue weighted by molar-refractivity contribution is 0.0270. The molecule has 0 bridgehead atoms. The van der Waals surface area contributed by atoms with Gasteiger partial charge in [0.1, 0.15) is 0 Å². The van der Waals surface area contributed by atoms with Crippen LogP contribution in [-0.2, 0) is 11.2 Å². The van der Waals surface area contributed by atoms with Crippen LogP contribution in [0, 0.1) is 17.8 Å². The molecule has 114 valence electrons. The first-order valence-corrected chi connectivity index (χ1v) is 8.54. The van der Waals surface area contributed by atoms with Gasteiger partial charge in [-0.05, 0) is 54.6 Å². The Hall–Kier alpha value is -0.900. The van der Waals surface area contributed by atoms with Crippen LogP contribution in [0.2, 0.25) is 0 Å². The molecule has 21 heavy (non-hydrogen) atoms. The molecule has 1 heterocycles. The number of ether oxygens (including phenoxy) is 1. The van der Waals surface area contributed by atoms with E-state index in [1.165, 1.54) is 36.8 Å². The second-order valence-electron chi connectivity index (χ2n) is 7.01. The summed E-state index contributed by atoms with van der Waals surface area (Å²) >= 11 is 0. The van der Waals surface area contributed by atoms with Crippen LogP contribution in [0.4, 0.5) is 0 Å². The number of nitrogens with one attached hydrogen (secondary N) is 1. The van der Waals surface area contributed by atoms with Gasteiger partial charge < -0.3 is 4.74 Å². The summed E-state index contributed by atoms with van der Waals surface area (Å²) in [7, 11) is 0. The van der Waals surface area contributed by atoms with Crippen molar-refractivity contribution in [2.24, 2.45) is 23.6 Å². The third-order valence-electron chi connectivity index (χ3n) is 5.96. The Morgan fingerprint density at radius 3 is 2.71 bits per heavy atom. The number of hydrogen-bond donors (Lipinski definition) is 2. The van der Waals surface area contributed by atoms with Crippen molar-refractivity contribution in [3.63, 3.8) is 0 Å². The monoisotopic (exact) mass is 286 g/mol. The molecule has 0 saturated heterocycles. The fourth-order valence-electron chi connectivity index (χ4n) is 4.88. The molecule has 0 aromatic heterocycles. The molecule has 2 saturated carbocycles. The maximum atomic E-state index is 6.07. The van der Waals surface area contributed by atoms with E-state index in [4.69, 9.17) is 10.6 Å². The number of hydrazine groups is 1. The first kappa shape index (κ1) is 13.7. The Morgan fingerprint density at radius 1 is 1.19 bits per heavy atom. The number of hydrogen-bond acceptors (Lipinski definition) is 3. The van der Waals surface area contributed by atoms with E-state index < -0.39 is 0 Å². The molecule has 0 spiro atoms. The van der Waals surface area contributed by atoms with Crippen LogP contribution < -0.4 is 11.3 Å². The third kappa shape index (κ3) is 2.52. The Morgan fingerprint density at radius 2 is 1.95 bits per heavy atom. The first-order valence-electron chi connectivity index (χ1n) is 8.54. The molecule has 2 aliphatic carbocycles. The van der Waals surface area contributed by atoms with Gasteiger partial charge in [-0.1, -0.05) is 37.1 Å². The summed E-state index contributed by atoms with van der Waals surface area (Å²) in [5.41, 5.74) is 5.96. The minimum Gasteiger partial charge on any atom is -0.373 e. The lowest BCUT2D eigenvalue weighted by Crippen LogP contribution is -2.39. The molecule has 4 rings (SSSR count). The van der Waals surface area contributed by atoms with Gasteiger partial charge in [-0.25, -0.2) is 0 Å². The molecular weight excluding hydrogens is 260 g/mol. The number of rotatable bonds is 4. The summed E-state index contributed by atoms with van der Waals surface area (Å²) in [5, 5.41) is 0. The van der Waals surface area contributed by atoms with E-state index in [1.807, 2.05) is 0 Å². The van der Waals surface area contributed by atoms with Crippen molar-refractivity contribution in [1.29, 1.82) is 0 Å². The number of benzene rings is 1. The molecule has 1 aliphatic heterocycles. The fraction of sp³-hybridized carbons (Fsp3) is 0.667. The van der Waals surface area contributed by atoms with Crippen LogP contribution in [-0.4, -0.2) is 12.6 Å². The van der Waals surface area contributed by atoms with E-state index in [1.54, 1.807) is 0 Å². The molecule has 3 heteroatoms. The average molecular weight is 286 g/mol. The van der Waals surface area contributed by atoms with E-state index in [2.05, 4.69) is 29.7 Å². The van der Waals surface area contributed by atoms with E-state index in [9.17, 15) is 0 Å². The van der Waals surface area contributed by atoms with Crippen LogP contribution in [0.25, 0.3) is 0 Å². The van der Waals surface area contributed by atoms with Gasteiger partial charge in [0, 0.05) is 6.04 Å². The SMILES string of the molecule is NNC(CC1OCCc2ccccc21)C1C2CCCCC21. The van der Waals surface area contributed by atoms with Crippen molar-refractivity contribution in [3.05, 3.63) is 35.4 Å². The minimum absolute atomic E-state index is 0.221. The highest BCUT2D eigenvalue weighted by Crippen LogP contribution is 2.57. The van der Waals surface area contributed by atoms with Crippen LogP contribution in [0.3, 0.4) is 0 Å². The highest BCUT2D eigenvalue weighted by atomic mass is 16.5. The minimum atomic E-state index is 0.221. The largest absolute Gasteiger partial charge is 0.373 e. The van der Waals surface area contributed by atoms with Gasteiger partial charge in [-0.3, -0.25) is 11.3 Å². The second kappa shape index (κ2) is 5.71. The quantitative estimate of drug-likeness (QED) is 0.661. The summed E-state index contributed by atoms with van der Waals surface area (Å²) in [6.45, 7) is 0.844. The maximum absolute atomic E-state index is 6.07. The normalized spacial score (nSPS) is 35.7. The molecule has 4 atom stereocenters. The third-order valence-corrected chi connectivity index (χ3v) is 5.96. The summed E-state index contributed by atoms with van der Waals surface area (Å²) < 4.78 is 6.07. The molecule has 3 aliphatic rings. The molecule has 0 radical (unpaired) electrons. The van der Waals surface area contributed by atoms with Gasteiger partial charge in [-0.15, -0.1) is 0 Å². The van der Waals surface area contributed by atoms with Gasteiger partial charge in [-0.2, -0.15) is 0 Å². The lowest BCUT2D eigenvalue weighted by atomic mass is 9.92. The van der Waals surface area contributed by atoms with Crippen molar-refractivity contribution in [2.75, 3.05) is 6.61 Å². The molecule has 1 aromatic carbocycles. The zero-order valence-corrected chi connectivity index (χ0v) is 12.6. The van der Waals surface area contributed by atoms with Crippen LogP contribution >= 0.6 is 0 Å². The lowest BCUT2D eigenvalue weighted by Gasteiger charge is -2.29. The van der Waals surface area contributed by atoms with Gasteiger partial charge in [0.05, 0.1) is 12.7 Å². The summed E-state index contributed by atoms with van der Waals surface area (Å²) in [4.78, 5) is 0. The van der Waals surface area contributed by atoms with Crippen molar-refractivity contribution in [3.8, 4) is 0 Å². The standard InChI is InChI=1S/C18H26N2O/c19-20-16(18-14-7-3-4-8-15(14)18)11-17-13-6-2-1-5-12(13)9-10-21-17/h1-2,5-6,14-18,20H,3-4,7-11,19H2. The Balaban J connectivity index is 1.48. The van der Waals surface area contributed by atoms with E-state index in [0.29, 0.717) is 6.04 Å². The van der Waals surface area contributed by atoms with Crippen LogP contribution in [0.15, 0.2) is 24.3 Å². The summed E-state index contributed by atoms with van der Waals surface area (Å²) in [6, 6.07) is 9.14. The second-order valence-corrected chi connectivity index (χ2v) is 7.01. The summed E-state index contributed by atoms with van der Waals surface area (Å²) in [5.74, 6) is 8.55. The van der Waals surface area contributed by atoms with Crippen LogP contribution in [0.1, 0.15) is 49.3 Å². The van der Waals surface area contributed by atoms with Gasteiger partial charge in [0.25, 0.3) is 0 Å². The van der Waals surface area contributed by atoms with Crippen molar-refractivity contribution in [2.45, 2.75) is 50.7 Å². The highest BCUT2D eigenvalue weighted by molar-refractivity contribution is 5.31. The Kier molecular flexibility index (Phi) is 3.74. The fourth-order valence-corrected chi connectivity index (χ4v) is 4.88. The molecule has 2 fully saturated rings. The smallest absolute Gasteiger partial charge is 0.0843 e. The van der Waals surface area contributed by atoms with Crippen molar-refractivity contribution >= 4 is 0 Å². The zero-order valence-electron chi connectivity index (χ0n) is 12.6. The zero-order chi connectivity index (χ0) is 14.2. The first-order chi connectivity index (χ1) is 10.4. The molecule has 1 aromatic rings. The van der Waals surface area contributed by atoms with Crippen LogP contribution in [0.5, 0.6) is 0 Å². The molecule has 4 unspecified atom stereocenters. The predicted molar refractivity (Wildman–Crippen MR) is 83.5 cm³/mol. The van der Waals surface area contributed by atoms with E-state index >= 15 is 0 Å². The highest BCUT2D eigenvalue weighted by Gasteiger charge is 2.54. The molecule has 0 amide bonds. The molecule has 3 N–H and O–H groups in total. The maximum Gasteiger partial charge on any atom is 0.0843 e. The van der Waals surface area contributed by atoms with E-state index in [0.717, 1.165) is 37.2 Å². The number of fused-ring (bicyclic) bond motifs is 2. The van der Waals surface area contributed by atoms with Gasteiger partial charge in [0.15, 0.2) is 0 Å². The Labute approximate surface area is 127 Å². The topological polar surface area (TPSA) is 47.3 Å². The molecule has 3 nitrogen and oxygen atoms in total.